The summed E-state index contributed by atoms with van der Waals surface area (Å²) in [5.41, 5.74) is 0.922. The van der Waals surface area contributed by atoms with E-state index in [9.17, 15) is 4.79 Å². The Labute approximate surface area is 173 Å². The van der Waals surface area contributed by atoms with E-state index in [2.05, 4.69) is 0 Å². The third-order valence-electron chi connectivity index (χ3n) is 3.81. The number of hydrogen-bond acceptors (Lipinski definition) is 5. The molecule has 0 N–H and O–H groups in total. The summed E-state index contributed by atoms with van der Waals surface area (Å²) >= 11 is 12.6. The molecular weight excluding hydrogens is 402 g/mol. The van der Waals surface area contributed by atoms with Crippen molar-refractivity contribution in [1.29, 1.82) is 0 Å². The third kappa shape index (κ3) is 5.03. The highest BCUT2D eigenvalue weighted by atomic mass is 35.5. The fourth-order valence-corrected chi connectivity index (χ4v) is 4.03. The minimum absolute atomic E-state index is 0.0375. The summed E-state index contributed by atoms with van der Waals surface area (Å²) < 4.78 is 11.9. The van der Waals surface area contributed by atoms with Gasteiger partial charge < -0.3 is 9.47 Å². The van der Waals surface area contributed by atoms with Crippen LogP contribution in [-0.4, -0.2) is 34.9 Å². The van der Waals surface area contributed by atoms with Gasteiger partial charge in [-0.25, -0.2) is 0 Å². The van der Waals surface area contributed by atoms with Crippen LogP contribution in [0.4, 0.5) is 0 Å². The summed E-state index contributed by atoms with van der Waals surface area (Å²) in [6.45, 7) is 3.30. The standard InChI is InChI=1S/C20H18ClNO3S2/c1-2-22-19(23)18(27-20(22)26)13-14-7-9-15(10-8-14)24-11-12-25-17-6-4-3-5-16(17)21/h3-10,13H,2,11-12H2,1H3/b18-13-. The molecule has 0 radical (unpaired) electrons. The molecule has 0 aliphatic carbocycles. The second kappa shape index (κ2) is 9.26. The predicted molar refractivity (Wildman–Crippen MR) is 114 cm³/mol. The van der Waals surface area contributed by atoms with E-state index in [1.807, 2.05) is 55.5 Å². The molecule has 0 saturated carbocycles. The van der Waals surface area contributed by atoms with Crippen molar-refractivity contribution < 1.29 is 14.3 Å². The minimum Gasteiger partial charge on any atom is -0.490 e. The van der Waals surface area contributed by atoms with Crippen LogP contribution in [-0.2, 0) is 4.79 Å². The summed E-state index contributed by atoms with van der Waals surface area (Å²) in [4.78, 5) is 14.5. The number of thioether (sulfide) groups is 1. The van der Waals surface area contributed by atoms with Crippen LogP contribution >= 0.6 is 35.6 Å². The number of rotatable bonds is 7. The van der Waals surface area contributed by atoms with E-state index in [1.54, 1.807) is 11.0 Å². The predicted octanol–water partition coefficient (Wildman–Crippen LogP) is 5.02. The van der Waals surface area contributed by atoms with E-state index in [0.29, 0.717) is 39.8 Å². The summed E-state index contributed by atoms with van der Waals surface area (Å²) in [6, 6.07) is 14.9. The van der Waals surface area contributed by atoms with Crippen LogP contribution in [0.5, 0.6) is 11.5 Å². The molecule has 0 bridgehead atoms. The van der Waals surface area contributed by atoms with Crippen LogP contribution in [0.2, 0.25) is 5.02 Å². The second-order valence-electron chi connectivity index (χ2n) is 5.62. The van der Waals surface area contributed by atoms with Crippen molar-refractivity contribution in [2.24, 2.45) is 0 Å². The van der Waals surface area contributed by atoms with Gasteiger partial charge in [-0.2, -0.15) is 0 Å². The molecule has 1 amide bonds. The van der Waals surface area contributed by atoms with Crippen LogP contribution in [0, 0.1) is 0 Å². The number of likely N-dealkylation sites (N-methyl/N-ethyl adjacent to an activating group) is 1. The molecule has 1 heterocycles. The van der Waals surface area contributed by atoms with E-state index >= 15 is 0 Å². The van der Waals surface area contributed by atoms with Gasteiger partial charge in [-0.3, -0.25) is 9.69 Å². The number of nitrogens with zero attached hydrogens (tertiary/aromatic N) is 1. The highest BCUT2D eigenvalue weighted by Crippen LogP contribution is 2.32. The maximum absolute atomic E-state index is 12.2. The Balaban J connectivity index is 1.52. The molecule has 0 spiro atoms. The SMILES string of the molecule is CCN1C(=O)/C(=C/c2ccc(OCCOc3ccccc3Cl)cc2)SC1=S. The Morgan fingerprint density at radius 3 is 2.48 bits per heavy atom. The monoisotopic (exact) mass is 419 g/mol. The lowest BCUT2D eigenvalue weighted by Crippen LogP contribution is -2.27. The van der Waals surface area contributed by atoms with Crippen molar-refractivity contribution in [1.82, 2.24) is 4.90 Å². The number of ether oxygens (including phenoxy) is 2. The fraction of sp³-hybridized carbons (Fsp3) is 0.200. The molecule has 7 heteroatoms. The number of para-hydroxylation sites is 1. The topological polar surface area (TPSA) is 38.8 Å². The highest BCUT2D eigenvalue weighted by Gasteiger charge is 2.30. The largest absolute Gasteiger partial charge is 0.490 e. The zero-order chi connectivity index (χ0) is 19.2. The van der Waals surface area contributed by atoms with Gasteiger partial charge in [-0.15, -0.1) is 0 Å². The maximum atomic E-state index is 12.2. The molecule has 3 rings (SSSR count). The fourth-order valence-electron chi connectivity index (χ4n) is 2.46. The van der Waals surface area contributed by atoms with Crippen molar-refractivity contribution in [3.63, 3.8) is 0 Å². The van der Waals surface area contributed by atoms with Gasteiger partial charge in [-0.1, -0.05) is 59.8 Å². The zero-order valence-corrected chi connectivity index (χ0v) is 17.1. The van der Waals surface area contributed by atoms with Crippen LogP contribution in [0.1, 0.15) is 12.5 Å². The third-order valence-corrected chi connectivity index (χ3v) is 5.50. The number of carbonyl (C=O) groups excluding carboxylic acids is 1. The number of thiocarbonyl (C=S) groups is 1. The summed E-state index contributed by atoms with van der Waals surface area (Å²) in [7, 11) is 0. The van der Waals surface area contributed by atoms with Gasteiger partial charge in [-0.05, 0) is 42.8 Å². The van der Waals surface area contributed by atoms with Gasteiger partial charge >= 0.3 is 0 Å². The first-order valence-electron chi connectivity index (χ1n) is 8.44. The lowest BCUT2D eigenvalue weighted by molar-refractivity contribution is -0.121. The van der Waals surface area contributed by atoms with Gasteiger partial charge in [0.15, 0.2) is 0 Å². The van der Waals surface area contributed by atoms with Crippen LogP contribution < -0.4 is 9.47 Å². The average molecular weight is 420 g/mol. The molecule has 0 unspecified atom stereocenters. The lowest BCUT2D eigenvalue weighted by atomic mass is 10.2. The summed E-state index contributed by atoms with van der Waals surface area (Å²) in [5.74, 6) is 1.34. The molecule has 140 valence electrons. The molecule has 27 heavy (non-hydrogen) atoms. The second-order valence-corrected chi connectivity index (χ2v) is 7.71. The van der Waals surface area contributed by atoms with E-state index < -0.39 is 0 Å². The Hall–Kier alpha value is -2.02. The van der Waals surface area contributed by atoms with Gasteiger partial charge in [0.1, 0.15) is 29.0 Å². The molecule has 0 atom stereocenters. The molecular formula is C20H18ClNO3S2. The van der Waals surface area contributed by atoms with Crippen LogP contribution in [0.15, 0.2) is 53.4 Å². The lowest BCUT2D eigenvalue weighted by Gasteiger charge is -2.10. The molecule has 2 aromatic carbocycles. The molecule has 1 saturated heterocycles. The zero-order valence-electron chi connectivity index (χ0n) is 14.7. The Morgan fingerprint density at radius 1 is 1.11 bits per heavy atom. The molecule has 1 aliphatic heterocycles. The van der Waals surface area contributed by atoms with Crippen LogP contribution in [0.3, 0.4) is 0 Å². The van der Waals surface area contributed by atoms with Crippen LogP contribution in [0.25, 0.3) is 6.08 Å². The molecule has 0 aromatic heterocycles. The first-order chi connectivity index (χ1) is 13.1. The number of carbonyl (C=O) groups is 1. The number of amides is 1. The van der Waals surface area contributed by atoms with Gasteiger partial charge in [0.2, 0.25) is 0 Å². The molecule has 1 fully saturated rings. The van der Waals surface area contributed by atoms with Gasteiger partial charge in [0.25, 0.3) is 5.91 Å². The van der Waals surface area contributed by atoms with E-state index in [-0.39, 0.29) is 5.91 Å². The summed E-state index contributed by atoms with van der Waals surface area (Å²) in [6.07, 6.45) is 1.85. The number of hydrogen-bond donors (Lipinski definition) is 0. The van der Waals surface area contributed by atoms with E-state index in [4.69, 9.17) is 33.3 Å². The number of benzene rings is 2. The highest BCUT2D eigenvalue weighted by molar-refractivity contribution is 8.26. The van der Waals surface area contributed by atoms with E-state index in [1.165, 1.54) is 11.8 Å². The normalized spacial score (nSPS) is 15.5. The van der Waals surface area contributed by atoms with Crippen molar-refractivity contribution in [3.05, 3.63) is 64.0 Å². The first-order valence-corrected chi connectivity index (χ1v) is 10.0. The Bertz CT molecular complexity index is 868. The first kappa shape index (κ1) is 19.7. The quantitative estimate of drug-likeness (QED) is 0.358. The average Bonchev–Trinajstić information content (AvgIpc) is 2.94. The number of halogens is 1. The summed E-state index contributed by atoms with van der Waals surface area (Å²) in [5, 5.41) is 0.579. The van der Waals surface area contributed by atoms with Crippen molar-refractivity contribution in [2.45, 2.75) is 6.92 Å². The van der Waals surface area contributed by atoms with Crippen molar-refractivity contribution in [3.8, 4) is 11.5 Å². The van der Waals surface area contributed by atoms with Gasteiger partial charge in [0, 0.05) is 6.54 Å². The van der Waals surface area contributed by atoms with Gasteiger partial charge in [0.05, 0.1) is 9.93 Å². The smallest absolute Gasteiger partial charge is 0.266 e. The molecule has 1 aliphatic rings. The Kier molecular flexibility index (Phi) is 6.77. The van der Waals surface area contributed by atoms with Crippen molar-refractivity contribution in [2.75, 3.05) is 19.8 Å². The maximum Gasteiger partial charge on any atom is 0.266 e. The molecule has 2 aromatic rings. The Morgan fingerprint density at radius 2 is 1.81 bits per heavy atom. The minimum atomic E-state index is -0.0375. The molecule has 4 nitrogen and oxygen atoms in total. The van der Waals surface area contributed by atoms with Crippen molar-refractivity contribution >= 4 is 51.9 Å². The van der Waals surface area contributed by atoms with E-state index in [0.717, 1.165) is 11.3 Å².